The molecule has 0 aliphatic carbocycles. The molecule has 1 saturated heterocycles. The van der Waals surface area contributed by atoms with Crippen molar-refractivity contribution < 1.29 is 37.7 Å². The number of carbonyl (C=O) groups excluding carboxylic acids is 1. The summed E-state index contributed by atoms with van der Waals surface area (Å²) < 4.78 is 16.9. The third-order valence-electron chi connectivity index (χ3n) is 5.07. The van der Waals surface area contributed by atoms with E-state index in [0.717, 1.165) is 6.32 Å². The van der Waals surface area contributed by atoms with Gasteiger partial charge in [-0.1, -0.05) is 26.7 Å². The maximum Gasteiger partial charge on any atom is 1.00 e. The quantitative estimate of drug-likeness (QED) is 0.484. The van der Waals surface area contributed by atoms with Gasteiger partial charge in [-0.15, -0.1) is 6.92 Å². The van der Waals surface area contributed by atoms with E-state index < -0.39 is 0 Å². The Kier molecular flexibility index (Phi) is 14.5. The molecule has 0 aromatic heterocycles. The number of rotatable bonds is 7. The Balaban J connectivity index is 0. The van der Waals surface area contributed by atoms with Gasteiger partial charge in [-0.2, -0.15) is 6.08 Å². The number of nitrogens with zero attached hydrogens (tertiary/aromatic N) is 1. The van der Waals surface area contributed by atoms with Gasteiger partial charge in [0.05, 0.1) is 11.2 Å². The zero-order valence-corrected chi connectivity index (χ0v) is 21.1. The Morgan fingerprint density at radius 2 is 1.55 bits per heavy atom. The second-order valence-corrected chi connectivity index (χ2v) is 8.90. The van der Waals surface area contributed by atoms with Crippen LogP contribution in [0.2, 0.25) is 6.32 Å². The predicted molar refractivity (Wildman–Crippen MR) is 118 cm³/mol. The normalized spacial score (nSPS) is 17.1. The molecule has 5 nitrogen and oxygen atoms in total. The minimum absolute atomic E-state index is 0. The molecule has 1 rings (SSSR count). The topological polar surface area (TPSA) is 48.0 Å². The minimum atomic E-state index is -0.282. The first-order valence-electron chi connectivity index (χ1n) is 10.6. The molecular weight excluding hydrogens is 360 g/mol. The van der Waals surface area contributed by atoms with Crippen LogP contribution in [-0.4, -0.2) is 41.4 Å². The molecule has 29 heavy (non-hydrogen) atoms. The Hall–Kier alpha value is -0.538. The van der Waals surface area contributed by atoms with E-state index in [-0.39, 0.29) is 55.4 Å². The van der Waals surface area contributed by atoms with Crippen molar-refractivity contribution >= 4 is 13.2 Å². The maximum absolute atomic E-state index is 11.8. The van der Waals surface area contributed by atoms with Crippen molar-refractivity contribution in [2.24, 2.45) is 0 Å². The zero-order valence-electron chi connectivity index (χ0n) is 21.1. The summed E-state index contributed by atoms with van der Waals surface area (Å²) >= 11 is 0. The smallest absolute Gasteiger partial charge is 0.508 e. The molecular formula is C22H43BLiNO4. The van der Waals surface area contributed by atoms with Gasteiger partial charge in [0.1, 0.15) is 0 Å². The summed E-state index contributed by atoms with van der Waals surface area (Å²) in [4.78, 5) is 13.5. The SMILES string of the molecule is C/C=C/[C-](C)OC(=O)N(C(C)C)C(C)C.CCCCB1OC(C)(C)C(C)(C)O1.[Li+]. The Labute approximate surface area is 192 Å². The van der Waals surface area contributed by atoms with E-state index in [1.54, 1.807) is 17.9 Å². The third kappa shape index (κ3) is 10.4. The van der Waals surface area contributed by atoms with E-state index in [2.05, 4.69) is 34.6 Å². The van der Waals surface area contributed by atoms with Gasteiger partial charge in [0, 0.05) is 12.1 Å². The average molecular weight is 403 g/mol. The molecule has 1 fully saturated rings. The first-order valence-corrected chi connectivity index (χ1v) is 10.6. The van der Waals surface area contributed by atoms with E-state index in [1.807, 2.05) is 40.7 Å². The van der Waals surface area contributed by atoms with Crippen LogP contribution in [0.1, 0.15) is 89.0 Å². The molecule has 1 aliphatic heterocycles. The molecule has 1 heterocycles. The molecule has 0 saturated carbocycles. The summed E-state index contributed by atoms with van der Waals surface area (Å²) in [6.45, 7) is 22.1. The van der Waals surface area contributed by atoms with Crippen LogP contribution in [0.15, 0.2) is 12.2 Å². The van der Waals surface area contributed by atoms with Crippen LogP contribution in [0.3, 0.4) is 0 Å². The van der Waals surface area contributed by atoms with Gasteiger partial charge < -0.3 is 18.9 Å². The van der Waals surface area contributed by atoms with E-state index in [1.165, 1.54) is 12.8 Å². The van der Waals surface area contributed by atoms with Crippen LogP contribution in [0.4, 0.5) is 4.79 Å². The molecule has 0 atom stereocenters. The molecule has 0 unspecified atom stereocenters. The van der Waals surface area contributed by atoms with Crippen LogP contribution in [-0.2, 0) is 14.0 Å². The van der Waals surface area contributed by atoms with Gasteiger partial charge in [0.2, 0.25) is 0 Å². The van der Waals surface area contributed by atoms with Crippen molar-refractivity contribution in [3.05, 3.63) is 18.3 Å². The molecule has 0 aromatic rings. The van der Waals surface area contributed by atoms with Crippen molar-refractivity contribution in [1.29, 1.82) is 0 Å². The zero-order chi connectivity index (χ0) is 22.1. The fraction of sp³-hybridized carbons (Fsp3) is 0.818. The van der Waals surface area contributed by atoms with E-state index in [9.17, 15) is 4.79 Å². The van der Waals surface area contributed by atoms with E-state index >= 15 is 0 Å². The first kappa shape index (κ1) is 30.7. The molecule has 0 radical (unpaired) electrons. The number of unbranched alkanes of at least 4 members (excludes halogenated alkanes) is 1. The monoisotopic (exact) mass is 403 g/mol. The predicted octanol–water partition coefficient (Wildman–Crippen LogP) is 3.25. The summed E-state index contributed by atoms with van der Waals surface area (Å²) in [5.41, 5.74) is -0.323. The first-order chi connectivity index (χ1) is 12.8. The van der Waals surface area contributed by atoms with Crippen molar-refractivity contribution in [1.82, 2.24) is 4.90 Å². The van der Waals surface area contributed by atoms with E-state index in [0.29, 0.717) is 6.10 Å². The largest absolute Gasteiger partial charge is 1.00 e. The summed E-state index contributed by atoms with van der Waals surface area (Å²) in [6, 6.07) is 0.298. The van der Waals surface area contributed by atoms with E-state index in [4.69, 9.17) is 14.0 Å². The average Bonchev–Trinajstić information content (AvgIpc) is 2.72. The van der Waals surface area contributed by atoms with Crippen molar-refractivity contribution in [3.8, 4) is 0 Å². The van der Waals surface area contributed by atoms with Gasteiger partial charge in [-0.25, -0.2) is 10.9 Å². The summed E-state index contributed by atoms with van der Waals surface area (Å²) in [5.74, 6) is 0. The molecule has 1 aliphatic rings. The van der Waals surface area contributed by atoms with Crippen LogP contribution in [0.25, 0.3) is 0 Å². The van der Waals surface area contributed by atoms with Crippen LogP contribution >= 0.6 is 0 Å². The molecule has 0 bridgehead atoms. The molecule has 7 heteroatoms. The molecule has 0 spiro atoms. The third-order valence-corrected chi connectivity index (χ3v) is 5.07. The standard InChI is InChI=1S/C12H22NO2.C10H21BO2.Li/c1-7-8-11(6)15-12(14)13(9(2)3)10(4)5;1-6-7-8-11-12-9(2,3)10(4,5)13-11;/h7-10H,1-6H3;6-8H2,1-5H3;/q-1;;+1/b8-7+;;. The molecule has 0 N–H and O–H groups in total. The Morgan fingerprint density at radius 3 is 1.90 bits per heavy atom. The number of amides is 1. The number of allylic oxidation sites excluding steroid dienone is 1. The minimum Gasteiger partial charge on any atom is -0.508 e. The van der Waals surface area contributed by atoms with Crippen molar-refractivity contribution in [3.63, 3.8) is 0 Å². The number of hydrogen-bond acceptors (Lipinski definition) is 4. The maximum atomic E-state index is 11.8. The Bertz CT molecular complexity index is 471. The molecule has 0 aromatic carbocycles. The van der Waals surface area contributed by atoms with Crippen molar-refractivity contribution in [2.45, 2.75) is 119 Å². The fourth-order valence-electron chi connectivity index (χ4n) is 2.93. The van der Waals surface area contributed by atoms with Gasteiger partial charge in [-0.3, -0.25) is 0 Å². The second-order valence-electron chi connectivity index (χ2n) is 8.90. The summed E-state index contributed by atoms with van der Waals surface area (Å²) in [7, 11) is 0.00458. The summed E-state index contributed by atoms with van der Waals surface area (Å²) in [5, 5.41) is 0. The number of ether oxygens (including phenoxy) is 1. The Morgan fingerprint density at radius 1 is 1.10 bits per heavy atom. The van der Waals surface area contributed by atoms with Crippen LogP contribution in [0.5, 0.6) is 0 Å². The van der Waals surface area contributed by atoms with Gasteiger partial charge in [0.25, 0.3) is 0 Å². The fourth-order valence-corrected chi connectivity index (χ4v) is 2.93. The van der Waals surface area contributed by atoms with Gasteiger partial charge >= 0.3 is 32.1 Å². The van der Waals surface area contributed by atoms with Crippen LogP contribution in [0, 0.1) is 6.10 Å². The number of hydrogen-bond donors (Lipinski definition) is 0. The van der Waals surface area contributed by atoms with Crippen LogP contribution < -0.4 is 18.9 Å². The second kappa shape index (κ2) is 13.7. The molecule has 1 amide bonds. The number of carbonyl (C=O) groups is 1. The summed E-state index contributed by atoms with van der Waals surface area (Å²) in [6.07, 6.45) is 7.35. The molecule has 164 valence electrons. The van der Waals surface area contributed by atoms with Crippen molar-refractivity contribution in [2.75, 3.05) is 0 Å². The van der Waals surface area contributed by atoms with Gasteiger partial charge in [-0.05, 0) is 67.8 Å². The van der Waals surface area contributed by atoms with Gasteiger partial charge in [0.15, 0.2) is 0 Å².